The van der Waals surface area contributed by atoms with Gasteiger partial charge in [-0.05, 0) is 66.4 Å². The zero-order chi connectivity index (χ0) is 24.2. The van der Waals surface area contributed by atoms with Crippen LogP contribution in [0.3, 0.4) is 0 Å². The van der Waals surface area contributed by atoms with Crippen LogP contribution in [0.2, 0.25) is 0 Å². The van der Waals surface area contributed by atoms with Gasteiger partial charge in [-0.1, -0.05) is 60.7 Å². The van der Waals surface area contributed by atoms with Crippen LogP contribution >= 0.6 is 0 Å². The summed E-state index contributed by atoms with van der Waals surface area (Å²) in [4.78, 5) is 13.5. The highest BCUT2D eigenvalue weighted by Crippen LogP contribution is 2.39. The summed E-state index contributed by atoms with van der Waals surface area (Å²) < 4.78 is 39.9. The highest BCUT2D eigenvalue weighted by atomic mass is 19.4. The molecule has 34 heavy (non-hydrogen) atoms. The predicted molar refractivity (Wildman–Crippen MR) is 128 cm³/mol. The van der Waals surface area contributed by atoms with Gasteiger partial charge in [0.1, 0.15) is 0 Å². The average molecular weight is 465 g/mol. The molecule has 0 atom stereocenters. The standard InChI is InChI=1S/C28H27F3N2O/c29-28(30,31)25-9-5-4-6-22(25)14-17-33-18-15-27(16-19-33,24-7-2-1-3-8-24)20-21-10-12-23(13-11-21)26(32)34/h1-14,17H,15-16,18-20H2,(H2,32,34). The van der Waals surface area contributed by atoms with Crippen LogP contribution in [0, 0.1) is 0 Å². The third-order valence-electron chi connectivity index (χ3n) is 6.65. The van der Waals surface area contributed by atoms with Gasteiger partial charge in [-0.25, -0.2) is 0 Å². The Kier molecular flexibility index (Phi) is 6.77. The van der Waals surface area contributed by atoms with Crippen LogP contribution in [-0.4, -0.2) is 23.9 Å². The molecule has 1 aliphatic heterocycles. The Labute approximate surface area is 197 Å². The van der Waals surface area contributed by atoms with Crippen LogP contribution in [0.15, 0.2) is 85.1 Å². The highest BCUT2D eigenvalue weighted by Gasteiger charge is 2.36. The largest absolute Gasteiger partial charge is 0.416 e. The fraction of sp³-hybridized carbons (Fsp3) is 0.250. The van der Waals surface area contributed by atoms with Gasteiger partial charge >= 0.3 is 6.18 Å². The predicted octanol–water partition coefficient (Wildman–Crippen LogP) is 6.05. The van der Waals surface area contributed by atoms with E-state index in [0.717, 1.165) is 44.0 Å². The molecule has 0 aromatic heterocycles. The summed E-state index contributed by atoms with van der Waals surface area (Å²) in [6, 6.07) is 23.4. The first-order valence-electron chi connectivity index (χ1n) is 11.3. The van der Waals surface area contributed by atoms with Crippen molar-refractivity contribution in [2.24, 2.45) is 5.73 Å². The lowest BCUT2D eigenvalue weighted by atomic mass is 9.69. The van der Waals surface area contributed by atoms with Crippen molar-refractivity contribution < 1.29 is 18.0 Å². The second-order valence-corrected chi connectivity index (χ2v) is 8.82. The summed E-state index contributed by atoms with van der Waals surface area (Å²) in [6.45, 7) is 1.47. The van der Waals surface area contributed by atoms with Gasteiger partial charge < -0.3 is 10.6 Å². The molecule has 3 nitrogen and oxygen atoms in total. The molecule has 3 aromatic rings. The summed E-state index contributed by atoms with van der Waals surface area (Å²) in [6.07, 6.45) is 1.49. The van der Waals surface area contributed by atoms with Gasteiger partial charge in [0.05, 0.1) is 5.56 Å². The first-order chi connectivity index (χ1) is 16.3. The number of carbonyl (C=O) groups is 1. The lowest BCUT2D eigenvalue weighted by Gasteiger charge is -2.42. The molecule has 0 bridgehead atoms. The summed E-state index contributed by atoms with van der Waals surface area (Å²) in [5, 5.41) is 0. The number of nitrogens with zero attached hydrogens (tertiary/aromatic N) is 1. The monoisotopic (exact) mass is 464 g/mol. The summed E-state index contributed by atoms with van der Waals surface area (Å²) in [7, 11) is 0. The fourth-order valence-electron chi connectivity index (χ4n) is 4.72. The van der Waals surface area contributed by atoms with E-state index in [9.17, 15) is 18.0 Å². The molecule has 0 spiro atoms. The molecule has 1 amide bonds. The fourth-order valence-corrected chi connectivity index (χ4v) is 4.72. The van der Waals surface area contributed by atoms with Gasteiger partial charge in [-0.3, -0.25) is 4.79 Å². The van der Waals surface area contributed by atoms with Crippen molar-refractivity contribution in [2.75, 3.05) is 13.1 Å². The number of piperidine rings is 1. The number of hydrogen-bond donors (Lipinski definition) is 1. The van der Waals surface area contributed by atoms with Crippen LogP contribution in [-0.2, 0) is 18.0 Å². The highest BCUT2D eigenvalue weighted by molar-refractivity contribution is 5.92. The molecule has 1 saturated heterocycles. The number of alkyl halides is 3. The number of likely N-dealkylation sites (tertiary alicyclic amines) is 1. The van der Waals surface area contributed by atoms with E-state index in [-0.39, 0.29) is 11.0 Å². The van der Waals surface area contributed by atoms with Crippen molar-refractivity contribution in [1.82, 2.24) is 4.90 Å². The third kappa shape index (κ3) is 5.33. The minimum Gasteiger partial charge on any atom is -0.377 e. The van der Waals surface area contributed by atoms with Crippen molar-refractivity contribution >= 4 is 12.0 Å². The number of halogens is 3. The Balaban J connectivity index is 1.52. The third-order valence-corrected chi connectivity index (χ3v) is 6.65. The van der Waals surface area contributed by atoms with Crippen LogP contribution in [0.25, 0.3) is 6.08 Å². The van der Waals surface area contributed by atoms with E-state index in [2.05, 4.69) is 17.0 Å². The number of carbonyl (C=O) groups excluding carboxylic acids is 1. The Bertz CT molecular complexity index is 1150. The minimum atomic E-state index is -4.38. The van der Waals surface area contributed by atoms with Gasteiger partial charge in [0, 0.05) is 24.1 Å². The summed E-state index contributed by atoms with van der Waals surface area (Å²) >= 11 is 0. The van der Waals surface area contributed by atoms with Crippen LogP contribution in [0.4, 0.5) is 13.2 Å². The number of amides is 1. The normalized spacial score (nSPS) is 16.0. The lowest BCUT2D eigenvalue weighted by molar-refractivity contribution is -0.137. The molecule has 1 fully saturated rings. The van der Waals surface area contributed by atoms with Gasteiger partial charge in [0.15, 0.2) is 0 Å². The van der Waals surface area contributed by atoms with E-state index in [1.807, 2.05) is 30.3 Å². The molecule has 0 unspecified atom stereocenters. The molecule has 6 heteroatoms. The quantitative estimate of drug-likeness (QED) is 0.483. The second-order valence-electron chi connectivity index (χ2n) is 8.82. The maximum absolute atomic E-state index is 13.3. The Hall–Kier alpha value is -3.54. The molecule has 2 N–H and O–H groups in total. The van der Waals surface area contributed by atoms with Gasteiger partial charge in [0.25, 0.3) is 0 Å². The molecule has 3 aromatic carbocycles. The number of benzene rings is 3. The number of hydrogen-bond acceptors (Lipinski definition) is 2. The SMILES string of the molecule is NC(=O)c1ccc(CC2(c3ccccc3)CCN(C=Cc3ccccc3C(F)(F)F)CC2)cc1. The van der Waals surface area contributed by atoms with E-state index < -0.39 is 17.6 Å². The Morgan fingerprint density at radius 1 is 0.912 bits per heavy atom. The van der Waals surface area contributed by atoms with Crippen molar-refractivity contribution in [3.8, 4) is 0 Å². The van der Waals surface area contributed by atoms with Crippen molar-refractivity contribution in [1.29, 1.82) is 0 Å². The molecule has 1 aliphatic rings. The summed E-state index contributed by atoms with van der Waals surface area (Å²) in [5.41, 5.74) is 7.68. The van der Waals surface area contributed by atoms with E-state index in [1.54, 1.807) is 30.5 Å². The molecule has 1 heterocycles. The lowest BCUT2D eigenvalue weighted by Crippen LogP contribution is -2.42. The maximum atomic E-state index is 13.3. The molecule has 0 aliphatic carbocycles. The number of nitrogens with two attached hydrogens (primary N) is 1. The van der Waals surface area contributed by atoms with Crippen molar-refractivity contribution in [3.05, 3.63) is 113 Å². The molecule has 0 saturated carbocycles. The number of primary amides is 1. The maximum Gasteiger partial charge on any atom is 0.416 e. The van der Waals surface area contributed by atoms with Gasteiger partial charge in [-0.2, -0.15) is 13.2 Å². The van der Waals surface area contributed by atoms with Crippen molar-refractivity contribution in [2.45, 2.75) is 30.9 Å². The number of rotatable bonds is 6. The van der Waals surface area contributed by atoms with E-state index in [1.165, 1.54) is 17.7 Å². The van der Waals surface area contributed by atoms with Crippen molar-refractivity contribution in [3.63, 3.8) is 0 Å². The smallest absolute Gasteiger partial charge is 0.377 e. The van der Waals surface area contributed by atoms with Crippen LogP contribution in [0.1, 0.15) is 45.5 Å². The summed E-state index contributed by atoms with van der Waals surface area (Å²) in [5.74, 6) is -0.448. The van der Waals surface area contributed by atoms with Gasteiger partial charge in [-0.15, -0.1) is 0 Å². The molecule has 4 rings (SSSR count). The van der Waals surface area contributed by atoms with E-state index in [4.69, 9.17) is 5.73 Å². The average Bonchev–Trinajstić information content (AvgIpc) is 2.84. The second kappa shape index (κ2) is 9.75. The Morgan fingerprint density at radius 2 is 1.53 bits per heavy atom. The Morgan fingerprint density at radius 3 is 2.15 bits per heavy atom. The van der Waals surface area contributed by atoms with Gasteiger partial charge in [0.2, 0.25) is 5.91 Å². The zero-order valence-corrected chi connectivity index (χ0v) is 18.8. The molecular weight excluding hydrogens is 437 g/mol. The minimum absolute atomic E-state index is 0.0935. The van der Waals surface area contributed by atoms with E-state index >= 15 is 0 Å². The first kappa shape index (κ1) is 23.6. The van der Waals surface area contributed by atoms with Crippen LogP contribution in [0.5, 0.6) is 0 Å². The topological polar surface area (TPSA) is 46.3 Å². The zero-order valence-electron chi connectivity index (χ0n) is 18.8. The molecular formula is C28H27F3N2O. The first-order valence-corrected chi connectivity index (χ1v) is 11.3. The molecule has 0 radical (unpaired) electrons. The van der Waals surface area contributed by atoms with E-state index in [0.29, 0.717) is 5.56 Å². The van der Waals surface area contributed by atoms with Crippen LogP contribution < -0.4 is 5.73 Å². The molecule has 176 valence electrons.